The first-order valence-electron chi connectivity index (χ1n) is 6.96. The molecule has 0 aliphatic carbocycles. The van der Waals surface area contributed by atoms with Crippen LogP contribution >= 0.6 is 0 Å². The van der Waals surface area contributed by atoms with E-state index in [4.69, 9.17) is 5.73 Å². The monoisotopic (exact) mass is 253 g/mol. The van der Waals surface area contributed by atoms with E-state index in [9.17, 15) is 9.59 Å². The Morgan fingerprint density at radius 2 is 1.67 bits per heavy atom. The third-order valence-electron chi connectivity index (χ3n) is 4.09. The molecule has 2 N–H and O–H groups in total. The zero-order valence-corrected chi connectivity index (χ0v) is 10.9. The van der Waals surface area contributed by atoms with Crippen LogP contribution in [0.2, 0.25) is 0 Å². The molecule has 5 heteroatoms. The molecule has 2 heterocycles. The molecule has 0 aromatic heterocycles. The third kappa shape index (κ3) is 3.45. The SMILES string of the molecule is NC(=O)C1CCN(C(=O)CCN2CCCC2)CC1. The Hall–Kier alpha value is -1.10. The molecule has 0 spiro atoms. The summed E-state index contributed by atoms with van der Waals surface area (Å²) in [5, 5.41) is 0. The van der Waals surface area contributed by atoms with Crippen molar-refractivity contribution in [1.29, 1.82) is 0 Å². The fraction of sp³-hybridized carbons (Fsp3) is 0.846. The molecule has 2 amide bonds. The van der Waals surface area contributed by atoms with Crippen molar-refractivity contribution in [3.05, 3.63) is 0 Å². The van der Waals surface area contributed by atoms with Crippen molar-refractivity contribution >= 4 is 11.8 Å². The Labute approximate surface area is 108 Å². The molecule has 0 aromatic rings. The van der Waals surface area contributed by atoms with E-state index in [1.807, 2.05) is 4.90 Å². The number of carbonyl (C=O) groups excluding carboxylic acids is 2. The van der Waals surface area contributed by atoms with Crippen LogP contribution in [0.5, 0.6) is 0 Å². The summed E-state index contributed by atoms with van der Waals surface area (Å²) in [6.07, 6.45) is 4.59. The van der Waals surface area contributed by atoms with Gasteiger partial charge in [0, 0.05) is 32.0 Å². The van der Waals surface area contributed by atoms with Crippen LogP contribution < -0.4 is 5.73 Å². The van der Waals surface area contributed by atoms with Gasteiger partial charge in [-0.15, -0.1) is 0 Å². The average molecular weight is 253 g/mol. The van der Waals surface area contributed by atoms with E-state index in [1.165, 1.54) is 12.8 Å². The largest absolute Gasteiger partial charge is 0.369 e. The van der Waals surface area contributed by atoms with E-state index < -0.39 is 0 Å². The molecular formula is C13H23N3O2. The first-order valence-corrected chi connectivity index (χ1v) is 6.96. The van der Waals surface area contributed by atoms with E-state index in [0.29, 0.717) is 19.5 Å². The van der Waals surface area contributed by atoms with E-state index in [2.05, 4.69) is 4.90 Å². The van der Waals surface area contributed by atoms with Crippen LogP contribution in [-0.2, 0) is 9.59 Å². The van der Waals surface area contributed by atoms with Gasteiger partial charge < -0.3 is 15.5 Å². The molecule has 0 atom stereocenters. The normalized spacial score (nSPS) is 22.3. The van der Waals surface area contributed by atoms with Gasteiger partial charge in [0.15, 0.2) is 0 Å². The lowest BCUT2D eigenvalue weighted by atomic mass is 9.96. The Morgan fingerprint density at radius 3 is 2.22 bits per heavy atom. The first kappa shape index (κ1) is 13.3. The van der Waals surface area contributed by atoms with Gasteiger partial charge in [0.2, 0.25) is 11.8 Å². The highest BCUT2D eigenvalue weighted by atomic mass is 16.2. The second-order valence-corrected chi connectivity index (χ2v) is 5.36. The van der Waals surface area contributed by atoms with Crippen LogP contribution in [0.25, 0.3) is 0 Å². The average Bonchev–Trinajstić information content (AvgIpc) is 2.89. The lowest BCUT2D eigenvalue weighted by molar-refractivity contribution is -0.135. The number of amides is 2. The molecule has 0 aromatic carbocycles. The standard InChI is InChI=1S/C13H23N3O2/c14-13(18)11-3-9-16(10-4-11)12(17)5-8-15-6-1-2-7-15/h11H,1-10H2,(H2,14,18). The van der Waals surface area contributed by atoms with Crippen molar-refractivity contribution in [3.63, 3.8) is 0 Å². The topological polar surface area (TPSA) is 66.6 Å². The Morgan fingerprint density at radius 1 is 1.06 bits per heavy atom. The summed E-state index contributed by atoms with van der Waals surface area (Å²) in [7, 11) is 0. The quantitative estimate of drug-likeness (QED) is 0.778. The predicted molar refractivity (Wildman–Crippen MR) is 68.8 cm³/mol. The molecule has 5 nitrogen and oxygen atoms in total. The molecule has 0 unspecified atom stereocenters. The maximum absolute atomic E-state index is 12.0. The first-order chi connectivity index (χ1) is 8.66. The number of piperidine rings is 1. The summed E-state index contributed by atoms with van der Waals surface area (Å²) in [5.74, 6) is -0.0309. The van der Waals surface area contributed by atoms with Crippen LogP contribution in [0.4, 0.5) is 0 Å². The molecule has 2 rings (SSSR count). The summed E-state index contributed by atoms with van der Waals surface area (Å²) in [6, 6.07) is 0. The van der Waals surface area contributed by atoms with Crippen LogP contribution in [0, 0.1) is 5.92 Å². The lowest BCUT2D eigenvalue weighted by Gasteiger charge is -2.31. The van der Waals surface area contributed by atoms with Crippen molar-refractivity contribution in [2.75, 3.05) is 32.7 Å². The number of carbonyl (C=O) groups is 2. The van der Waals surface area contributed by atoms with Gasteiger partial charge in [0.1, 0.15) is 0 Å². The minimum Gasteiger partial charge on any atom is -0.369 e. The second kappa shape index (κ2) is 6.18. The molecular weight excluding hydrogens is 230 g/mol. The fourth-order valence-corrected chi connectivity index (χ4v) is 2.83. The minimum atomic E-state index is -0.223. The fourth-order valence-electron chi connectivity index (χ4n) is 2.83. The minimum absolute atomic E-state index is 0.0346. The summed E-state index contributed by atoms with van der Waals surface area (Å²) < 4.78 is 0. The molecule has 0 radical (unpaired) electrons. The number of nitrogens with two attached hydrogens (primary N) is 1. The molecule has 2 aliphatic heterocycles. The van der Waals surface area contributed by atoms with E-state index in [-0.39, 0.29) is 17.7 Å². The molecule has 0 bridgehead atoms. The van der Waals surface area contributed by atoms with Crippen molar-refractivity contribution in [2.24, 2.45) is 11.7 Å². The predicted octanol–water partition coefficient (Wildman–Crippen LogP) is 0.196. The number of primary amides is 1. The van der Waals surface area contributed by atoms with Crippen LogP contribution in [0.1, 0.15) is 32.1 Å². The molecule has 0 saturated carbocycles. The lowest BCUT2D eigenvalue weighted by Crippen LogP contribution is -2.42. The summed E-state index contributed by atoms with van der Waals surface area (Å²) >= 11 is 0. The number of nitrogens with zero attached hydrogens (tertiary/aromatic N) is 2. The van der Waals surface area contributed by atoms with Gasteiger partial charge in [0.25, 0.3) is 0 Å². The van der Waals surface area contributed by atoms with Crippen LogP contribution in [0.15, 0.2) is 0 Å². The number of hydrogen-bond acceptors (Lipinski definition) is 3. The van der Waals surface area contributed by atoms with Gasteiger partial charge in [0.05, 0.1) is 0 Å². The summed E-state index contributed by atoms with van der Waals surface area (Å²) in [4.78, 5) is 27.3. The Bertz CT molecular complexity index is 305. The van der Waals surface area contributed by atoms with Crippen LogP contribution in [0.3, 0.4) is 0 Å². The number of rotatable bonds is 4. The highest BCUT2D eigenvalue weighted by molar-refractivity contribution is 5.78. The van der Waals surface area contributed by atoms with E-state index in [0.717, 1.165) is 32.5 Å². The van der Waals surface area contributed by atoms with Crippen molar-refractivity contribution in [2.45, 2.75) is 32.1 Å². The summed E-state index contributed by atoms with van der Waals surface area (Å²) in [5.41, 5.74) is 5.28. The Kier molecular flexibility index (Phi) is 4.58. The van der Waals surface area contributed by atoms with Gasteiger partial charge in [-0.1, -0.05) is 0 Å². The molecule has 18 heavy (non-hydrogen) atoms. The van der Waals surface area contributed by atoms with Crippen molar-refractivity contribution < 1.29 is 9.59 Å². The maximum atomic E-state index is 12.0. The van der Waals surface area contributed by atoms with Gasteiger partial charge in [-0.25, -0.2) is 0 Å². The highest BCUT2D eigenvalue weighted by Crippen LogP contribution is 2.17. The van der Waals surface area contributed by atoms with Gasteiger partial charge in [-0.2, -0.15) is 0 Å². The molecule has 2 aliphatic rings. The molecule has 2 fully saturated rings. The van der Waals surface area contributed by atoms with Gasteiger partial charge in [-0.3, -0.25) is 9.59 Å². The van der Waals surface area contributed by atoms with Gasteiger partial charge in [-0.05, 0) is 38.8 Å². The highest BCUT2D eigenvalue weighted by Gasteiger charge is 2.25. The van der Waals surface area contributed by atoms with Crippen molar-refractivity contribution in [1.82, 2.24) is 9.80 Å². The van der Waals surface area contributed by atoms with E-state index in [1.54, 1.807) is 0 Å². The third-order valence-corrected chi connectivity index (χ3v) is 4.09. The van der Waals surface area contributed by atoms with Crippen molar-refractivity contribution in [3.8, 4) is 0 Å². The Balaban J connectivity index is 1.68. The van der Waals surface area contributed by atoms with E-state index >= 15 is 0 Å². The number of likely N-dealkylation sites (tertiary alicyclic amines) is 2. The smallest absolute Gasteiger partial charge is 0.223 e. The molecule has 102 valence electrons. The van der Waals surface area contributed by atoms with Crippen LogP contribution in [-0.4, -0.2) is 54.3 Å². The summed E-state index contributed by atoms with van der Waals surface area (Å²) in [6.45, 7) is 4.53. The zero-order valence-electron chi connectivity index (χ0n) is 10.9. The van der Waals surface area contributed by atoms with Gasteiger partial charge >= 0.3 is 0 Å². The maximum Gasteiger partial charge on any atom is 0.223 e. The molecule has 2 saturated heterocycles. The second-order valence-electron chi connectivity index (χ2n) is 5.36. The number of hydrogen-bond donors (Lipinski definition) is 1. The zero-order chi connectivity index (χ0) is 13.0.